The summed E-state index contributed by atoms with van der Waals surface area (Å²) in [5, 5.41) is 0. The summed E-state index contributed by atoms with van der Waals surface area (Å²) < 4.78 is 38.3. The minimum Gasteiger partial charge on any atom is -0.303 e. The van der Waals surface area contributed by atoms with Crippen molar-refractivity contribution >= 4 is 11.3 Å². The van der Waals surface area contributed by atoms with Gasteiger partial charge in [0.25, 0.3) is 5.78 Å². The van der Waals surface area contributed by atoms with E-state index in [1.807, 2.05) is 0 Å². The summed E-state index contributed by atoms with van der Waals surface area (Å²) in [6.45, 7) is 1.54. The maximum absolute atomic E-state index is 12.3. The van der Waals surface area contributed by atoms with Crippen molar-refractivity contribution in [3.8, 4) is 0 Å². The van der Waals surface area contributed by atoms with Crippen LogP contribution in [-0.2, 0) is 0 Å². The van der Waals surface area contributed by atoms with E-state index in [1.165, 1.54) is 10.5 Å². The Kier molecular flexibility index (Phi) is 2.22. The monoisotopic (exact) mass is 228 g/mol. The zero-order valence-corrected chi connectivity index (χ0v) is 8.25. The molecule has 84 valence electrons. The number of pyridine rings is 1. The van der Waals surface area contributed by atoms with E-state index in [2.05, 4.69) is 4.98 Å². The Morgan fingerprint density at radius 3 is 2.69 bits per heavy atom. The number of fused-ring (bicyclic) bond motifs is 1. The van der Waals surface area contributed by atoms with Crippen LogP contribution in [0, 0.1) is 6.92 Å². The van der Waals surface area contributed by atoms with Crippen molar-refractivity contribution in [1.82, 2.24) is 9.38 Å². The lowest BCUT2D eigenvalue weighted by atomic mass is 10.2. The van der Waals surface area contributed by atoms with E-state index in [1.54, 1.807) is 25.3 Å². The van der Waals surface area contributed by atoms with Crippen molar-refractivity contribution in [1.29, 1.82) is 0 Å². The highest BCUT2D eigenvalue weighted by Crippen LogP contribution is 2.24. The number of rotatable bonds is 1. The van der Waals surface area contributed by atoms with Gasteiger partial charge in [-0.15, -0.1) is 0 Å². The second kappa shape index (κ2) is 3.33. The number of alkyl halides is 3. The third-order valence-corrected chi connectivity index (χ3v) is 2.20. The Balaban J connectivity index is 2.67. The molecule has 0 fully saturated rings. The minimum absolute atomic E-state index is 0.169. The molecule has 0 spiro atoms. The summed E-state index contributed by atoms with van der Waals surface area (Å²) in [5.41, 5.74) is -0.382. The fourth-order valence-electron chi connectivity index (χ4n) is 1.49. The van der Waals surface area contributed by atoms with Gasteiger partial charge in [0.2, 0.25) is 0 Å². The fourth-order valence-corrected chi connectivity index (χ4v) is 1.49. The van der Waals surface area contributed by atoms with Crippen molar-refractivity contribution in [2.75, 3.05) is 0 Å². The molecule has 0 aliphatic heterocycles. The average Bonchev–Trinajstić information content (AvgIpc) is 2.55. The third kappa shape index (κ3) is 1.56. The van der Waals surface area contributed by atoms with Crippen LogP contribution in [0.4, 0.5) is 13.2 Å². The van der Waals surface area contributed by atoms with Gasteiger partial charge < -0.3 is 4.40 Å². The van der Waals surface area contributed by atoms with Crippen molar-refractivity contribution in [2.45, 2.75) is 13.1 Å². The molecule has 0 aromatic carbocycles. The molecule has 0 saturated heterocycles. The molecule has 0 atom stereocenters. The van der Waals surface area contributed by atoms with Gasteiger partial charge in [0.05, 0.1) is 5.52 Å². The molecular weight excluding hydrogens is 221 g/mol. The van der Waals surface area contributed by atoms with E-state index in [4.69, 9.17) is 0 Å². The second-order valence-corrected chi connectivity index (χ2v) is 3.29. The number of carbonyl (C=O) groups is 1. The van der Waals surface area contributed by atoms with Gasteiger partial charge >= 0.3 is 6.18 Å². The largest absolute Gasteiger partial charge is 0.456 e. The molecule has 0 radical (unpaired) electrons. The molecule has 0 saturated carbocycles. The molecule has 0 aliphatic rings. The standard InChI is InChI=1S/C10H7F3N2O/c1-6-14-8(9(16)10(11,12)13)7-4-2-3-5-15(6)7/h2-5H,1H3. The van der Waals surface area contributed by atoms with Crippen LogP contribution < -0.4 is 0 Å². The van der Waals surface area contributed by atoms with Crippen LogP contribution in [0.2, 0.25) is 0 Å². The lowest BCUT2D eigenvalue weighted by Gasteiger charge is -2.02. The lowest BCUT2D eigenvalue weighted by Crippen LogP contribution is -2.23. The smallest absolute Gasteiger partial charge is 0.303 e. The second-order valence-electron chi connectivity index (χ2n) is 3.29. The van der Waals surface area contributed by atoms with E-state index < -0.39 is 17.7 Å². The normalized spacial score (nSPS) is 12.0. The van der Waals surface area contributed by atoms with Gasteiger partial charge in [-0.3, -0.25) is 4.79 Å². The number of aromatic nitrogens is 2. The van der Waals surface area contributed by atoms with Gasteiger partial charge in [-0.2, -0.15) is 13.2 Å². The predicted molar refractivity (Wildman–Crippen MR) is 50.3 cm³/mol. The summed E-state index contributed by atoms with van der Waals surface area (Å²) in [6, 6.07) is 4.64. The number of halogens is 3. The summed E-state index contributed by atoms with van der Waals surface area (Å²) >= 11 is 0. The van der Waals surface area contributed by atoms with Gasteiger partial charge in [0.1, 0.15) is 11.5 Å². The first-order valence-electron chi connectivity index (χ1n) is 4.46. The third-order valence-electron chi connectivity index (χ3n) is 2.20. The summed E-state index contributed by atoms with van der Waals surface area (Å²) in [5.74, 6) is -1.56. The van der Waals surface area contributed by atoms with E-state index in [0.717, 1.165) is 0 Å². The molecule has 0 amide bonds. The molecule has 2 aromatic rings. The Morgan fingerprint density at radius 2 is 2.06 bits per heavy atom. The number of hydrogen-bond donors (Lipinski definition) is 0. The molecule has 16 heavy (non-hydrogen) atoms. The first-order valence-corrected chi connectivity index (χ1v) is 4.46. The summed E-state index contributed by atoms with van der Waals surface area (Å²) in [7, 11) is 0. The summed E-state index contributed by atoms with van der Waals surface area (Å²) in [6.07, 6.45) is -3.33. The Bertz CT molecular complexity index is 557. The van der Waals surface area contributed by atoms with Crippen LogP contribution in [0.5, 0.6) is 0 Å². The van der Waals surface area contributed by atoms with Crippen LogP contribution in [0.15, 0.2) is 24.4 Å². The number of ketones is 1. The first kappa shape index (κ1) is 10.7. The van der Waals surface area contributed by atoms with Gasteiger partial charge in [-0.1, -0.05) is 6.07 Å². The van der Waals surface area contributed by atoms with Gasteiger partial charge in [-0.25, -0.2) is 4.98 Å². The van der Waals surface area contributed by atoms with Crippen LogP contribution in [0.3, 0.4) is 0 Å². The van der Waals surface area contributed by atoms with Crippen LogP contribution in [0.25, 0.3) is 5.52 Å². The number of carbonyl (C=O) groups excluding carboxylic acids is 1. The SMILES string of the molecule is Cc1nc(C(=O)C(F)(F)F)c2ccccn12. The first-order chi connectivity index (χ1) is 7.41. The van der Waals surface area contributed by atoms with Crippen LogP contribution >= 0.6 is 0 Å². The van der Waals surface area contributed by atoms with Crippen molar-refractivity contribution < 1.29 is 18.0 Å². The van der Waals surface area contributed by atoms with Crippen LogP contribution in [0.1, 0.15) is 16.3 Å². The predicted octanol–water partition coefficient (Wildman–Crippen LogP) is 2.39. The molecule has 0 N–H and O–H groups in total. The van der Waals surface area contributed by atoms with Crippen LogP contribution in [-0.4, -0.2) is 21.3 Å². The molecule has 2 heterocycles. The maximum Gasteiger partial charge on any atom is 0.456 e. The van der Waals surface area contributed by atoms with Crippen molar-refractivity contribution in [3.63, 3.8) is 0 Å². The number of Topliss-reactive ketones (excluding diaryl/α,β-unsaturated/α-hetero) is 1. The Labute approximate surface area is 88.5 Å². The molecule has 6 heteroatoms. The number of hydrogen-bond acceptors (Lipinski definition) is 2. The highest BCUT2D eigenvalue weighted by atomic mass is 19.4. The molecule has 2 rings (SSSR count). The van der Waals surface area contributed by atoms with Crippen molar-refractivity contribution in [3.05, 3.63) is 35.9 Å². The van der Waals surface area contributed by atoms with Gasteiger partial charge in [0.15, 0.2) is 0 Å². The molecular formula is C10H7F3N2O. The van der Waals surface area contributed by atoms with E-state index in [-0.39, 0.29) is 5.52 Å². The maximum atomic E-state index is 12.3. The minimum atomic E-state index is -4.89. The topological polar surface area (TPSA) is 34.4 Å². The van der Waals surface area contributed by atoms with E-state index in [9.17, 15) is 18.0 Å². The van der Waals surface area contributed by atoms with Gasteiger partial charge in [0, 0.05) is 6.20 Å². The fraction of sp³-hybridized carbons (Fsp3) is 0.200. The highest BCUT2D eigenvalue weighted by molar-refractivity contribution is 6.04. The quantitative estimate of drug-likeness (QED) is 0.702. The molecule has 0 bridgehead atoms. The number of aryl methyl sites for hydroxylation is 1. The van der Waals surface area contributed by atoms with E-state index in [0.29, 0.717) is 5.82 Å². The lowest BCUT2D eigenvalue weighted by molar-refractivity contribution is -0.0887. The molecule has 0 aliphatic carbocycles. The average molecular weight is 228 g/mol. The Morgan fingerprint density at radius 1 is 1.38 bits per heavy atom. The number of nitrogens with zero attached hydrogens (tertiary/aromatic N) is 2. The summed E-state index contributed by atoms with van der Waals surface area (Å²) in [4.78, 5) is 14.7. The molecule has 0 unspecified atom stereocenters. The van der Waals surface area contributed by atoms with Gasteiger partial charge in [-0.05, 0) is 19.1 Å². The van der Waals surface area contributed by atoms with Crippen molar-refractivity contribution in [2.24, 2.45) is 0 Å². The number of imidazole rings is 1. The van der Waals surface area contributed by atoms with E-state index >= 15 is 0 Å². The molecule has 3 nitrogen and oxygen atoms in total. The zero-order chi connectivity index (χ0) is 11.9. The Hall–Kier alpha value is -1.85. The molecule has 2 aromatic heterocycles. The zero-order valence-electron chi connectivity index (χ0n) is 8.25. The highest BCUT2D eigenvalue weighted by Gasteiger charge is 2.41.